The molecule has 124 valence electrons. The zero-order valence-electron chi connectivity index (χ0n) is 13.8. The summed E-state index contributed by atoms with van der Waals surface area (Å²) < 4.78 is 2.35. The summed E-state index contributed by atoms with van der Waals surface area (Å²) in [5.41, 5.74) is 1.20. The molecular weight excluding hydrogens is 306 g/mol. The fraction of sp³-hybridized carbons (Fsp3) is 0.647. The largest absolute Gasteiger partial charge is 0.333 e. The zero-order chi connectivity index (χ0) is 15.6. The third-order valence-corrected chi connectivity index (χ3v) is 5.73. The molecule has 0 radical (unpaired) electrons. The molecular formula is C17H25N5S. The van der Waals surface area contributed by atoms with Crippen LogP contribution in [0.15, 0.2) is 17.8 Å². The zero-order valence-corrected chi connectivity index (χ0v) is 14.6. The van der Waals surface area contributed by atoms with Gasteiger partial charge in [0.2, 0.25) is 0 Å². The van der Waals surface area contributed by atoms with Gasteiger partial charge < -0.3 is 9.47 Å². The quantitative estimate of drug-likeness (QED) is 0.862. The third kappa shape index (κ3) is 3.65. The Hall–Kier alpha value is -1.24. The Morgan fingerprint density at radius 2 is 2.09 bits per heavy atom. The second-order valence-corrected chi connectivity index (χ2v) is 7.96. The number of hydrogen-bond acceptors (Lipinski definition) is 5. The summed E-state index contributed by atoms with van der Waals surface area (Å²) in [6.07, 6.45) is 6.82. The van der Waals surface area contributed by atoms with E-state index in [2.05, 4.69) is 42.8 Å². The lowest BCUT2D eigenvalue weighted by Gasteiger charge is -2.26. The molecule has 1 atom stereocenters. The van der Waals surface area contributed by atoms with Crippen molar-refractivity contribution in [3.63, 3.8) is 0 Å². The van der Waals surface area contributed by atoms with Crippen LogP contribution in [-0.2, 0) is 19.6 Å². The summed E-state index contributed by atoms with van der Waals surface area (Å²) >= 11 is 1.75. The van der Waals surface area contributed by atoms with E-state index in [0.717, 1.165) is 31.2 Å². The minimum absolute atomic E-state index is 0.670. The summed E-state index contributed by atoms with van der Waals surface area (Å²) in [4.78, 5) is 14.4. The molecule has 5 nitrogen and oxygen atoms in total. The fourth-order valence-electron chi connectivity index (χ4n) is 3.90. The van der Waals surface area contributed by atoms with E-state index in [9.17, 15) is 0 Å². The van der Waals surface area contributed by atoms with Gasteiger partial charge in [-0.15, -0.1) is 11.3 Å². The summed E-state index contributed by atoms with van der Waals surface area (Å²) in [6, 6.07) is 0. The van der Waals surface area contributed by atoms with Gasteiger partial charge in [0, 0.05) is 49.9 Å². The molecule has 0 N–H and O–H groups in total. The highest BCUT2D eigenvalue weighted by molar-refractivity contribution is 7.09. The van der Waals surface area contributed by atoms with Crippen LogP contribution in [0.1, 0.15) is 29.4 Å². The van der Waals surface area contributed by atoms with E-state index in [4.69, 9.17) is 0 Å². The molecule has 0 spiro atoms. The Morgan fingerprint density at radius 1 is 1.22 bits per heavy atom. The van der Waals surface area contributed by atoms with E-state index in [-0.39, 0.29) is 0 Å². The van der Waals surface area contributed by atoms with Gasteiger partial charge >= 0.3 is 0 Å². The number of imidazole rings is 1. The summed E-state index contributed by atoms with van der Waals surface area (Å²) in [7, 11) is 0. The van der Waals surface area contributed by atoms with E-state index in [0.29, 0.717) is 5.92 Å². The van der Waals surface area contributed by atoms with E-state index < -0.39 is 0 Å². The molecule has 1 saturated heterocycles. The average Bonchev–Trinajstić information content (AvgIpc) is 3.23. The minimum atomic E-state index is 0.670. The molecule has 2 aromatic rings. The first-order valence-corrected chi connectivity index (χ1v) is 9.50. The fourth-order valence-corrected chi connectivity index (χ4v) is 4.50. The van der Waals surface area contributed by atoms with Gasteiger partial charge in [0.25, 0.3) is 0 Å². The van der Waals surface area contributed by atoms with Gasteiger partial charge in [-0.3, -0.25) is 4.90 Å². The van der Waals surface area contributed by atoms with Gasteiger partial charge in [-0.1, -0.05) is 0 Å². The Balaban J connectivity index is 1.49. The van der Waals surface area contributed by atoms with Crippen LogP contribution in [0.2, 0.25) is 0 Å². The molecule has 4 heterocycles. The van der Waals surface area contributed by atoms with Crippen molar-refractivity contribution < 1.29 is 0 Å². The number of rotatable bonds is 4. The molecule has 0 amide bonds. The number of hydrogen-bond donors (Lipinski definition) is 0. The average molecular weight is 331 g/mol. The smallest absolute Gasteiger partial charge is 0.122 e. The molecule has 0 bridgehead atoms. The van der Waals surface area contributed by atoms with Crippen LogP contribution in [0.3, 0.4) is 0 Å². The topological polar surface area (TPSA) is 37.2 Å². The lowest BCUT2D eigenvalue weighted by molar-refractivity contribution is 0.181. The SMILES string of the molecule is Cc1nc(CN2Cc3nccn3C[C@@H](CN3CCCC3)C2)cs1. The molecule has 6 heteroatoms. The third-order valence-electron chi connectivity index (χ3n) is 4.91. The van der Waals surface area contributed by atoms with Crippen molar-refractivity contribution in [2.45, 2.75) is 39.4 Å². The van der Waals surface area contributed by atoms with E-state index in [1.807, 2.05) is 6.20 Å². The highest BCUT2D eigenvalue weighted by atomic mass is 32.1. The first kappa shape index (κ1) is 15.3. The summed E-state index contributed by atoms with van der Waals surface area (Å²) in [5, 5.41) is 3.35. The predicted molar refractivity (Wildman–Crippen MR) is 92.4 cm³/mol. The van der Waals surface area contributed by atoms with Gasteiger partial charge in [-0.05, 0) is 32.9 Å². The number of aromatic nitrogens is 3. The molecule has 0 aromatic carbocycles. The second-order valence-electron chi connectivity index (χ2n) is 6.90. The van der Waals surface area contributed by atoms with Gasteiger partial charge in [0.1, 0.15) is 5.82 Å². The van der Waals surface area contributed by atoms with Crippen LogP contribution in [-0.4, -0.2) is 50.5 Å². The molecule has 2 aromatic heterocycles. The standard InChI is InChI=1S/C17H25N5S/c1-14-19-16(13-23-14)11-21-9-15(8-20-5-2-3-6-20)10-22-7-4-18-17(22)12-21/h4,7,13,15H,2-3,5-6,8-12H2,1H3/t15-/m0/s1. The van der Waals surface area contributed by atoms with Crippen molar-refractivity contribution in [2.75, 3.05) is 26.2 Å². The Kier molecular flexibility index (Phi) is 4.46. The van der Waals surface area contributed by atoms with Gasteiger partial charge in [-0.2, -0.15) is 0 Å². The van der Waals surface area contributed by atoms with Crippen LogP contribution in [0, 0.1) is 12.8 Å². The Morgan fingerprint density at radius 3 is 2.87 bits per heavy atom. The number of nitrogens with zero attached hydrogens (tertiary/aromatic N) is 5. The molecule has 0 unspecified atom stereocenters. The maximum Gasteiger partial charge on any atom is 0.122 e. The summed E-state index contributed by atoms with van der Waals surface area (Å²) in [5.74, 6) is 1.86. The van der Waals surface area contributed by atoms with Crippen molar-refractivity contribution in [1.82, 2.24) is 24.3 Å². The van der Waals surface area contributed by atoms with Crippen LogP contribution in [0.25, 0.3) is 0 Å². The number of thiazole rings is 1. The monoisotopic (exact) mass is 331 g/mol. The number of likely N-dealkylation sites (tertiary alicyclic amines) is 1. The van der Waals surface area contributed by atoms with Crippen LogP contribution in [0.5, 0.6) is 0 Å². The molecule has 0 saturated carbocycles. The molecule has 23 heavy (non-hydrogen) atoms. The molecule has 0 aliphatic carbocycles. The Bertz CT molecular complexity index is 643. The first-order chi connectivity index (χ1) is 11.3. The highest BCUT2D eigenvalue weighted by Crippen LogP contribution is 2.21. The van der Waals surface area contributed by atoms with E-state index >= 15 is 0 Å². The van der Waals surface area contributed by atoms with Crippen LogP contribution >= 0.6 is 11.3 Å². The van der Waals surface area contributed by atoms with Crippen molar-refractivity contribution >= 4 is 11.3 Å². The van der Waals surface area contributed by atoms with E-state index in [1.54, 1.807) is 11.3 Å². The summed E-state index contributed by atoms with van der Waals surface area (Å²) in [6.45, 7) is 9.95. The maximum absolute atomic E-state index is 4.65. The lowest BCUT2D eigenvalue weighted by Crippen LogP contribution is -2.35. The lowest BCUT2D eigenvalue weighted by atomic mass is 10.1. The van der Waals surface area contributed by atoms with Crippen LogP contribution in [0.4, 0.5) is 0 Å². The van der Waals surface area contributed by atoms with Crippen LogP contribution < -0.4 is 0 Å². The van der Waals surface area contributed by atoms with Crippen molar-refractivity contribution in [1.29, 1.82) is 0 Å². The first-order valence-electron chi connectivity index (χ1n) is 8.62. The predicted octanol–water partition coefficient (Wildman–Crippen LogP) is 2.38. The van der Waals surface area contributed by atoms with Gasteiger partial charge in [0.15, 0.2) is 0 Å². The molecule has 2 aliphatic heterocycles. The maximum atomic E-state index is 4.65. The molecule has 4 rings (SSSR count). The van der Waals surface area contributed by atoms with Crippen molar-refractivity contribution in [3.8, 4) is 0 Å². The van der Waals surface area contributed by atoms with Crippen molar-refractivity contribution in [3.05, 3.63) is 34.3 Å². The van der Waals surface area contributed by atoms with Crippen molar-refractivity contribution in [2.24, 2.45) is 5.92 Å². The molecule has 2 aliphatic rings. The number of aryl methyl sites for hydroxylation is 1. The Labute approximate surface area is 142 Å². The second kappa shape index (κ2) is 6.71. The van der Waals surface area contributed by atoms with Gasteiger partial charge in [-0.25, -0.2) is 9.97 Å². The minimum Gasteiger partial charge on any atom is -0.333 e. The highest BCUT2D eigenvalue weighted by Gasteiger charge is 2.25. The number of fused-ring (bicyclic) bond motifs is 1. The van der Waals surface area contributed by atoms with E-state index in [1.165, 1.54) is 44.0 Å². The normalized spacial score (nSPS) is 23.1. The van der Waals surface area contributed by atoms with Gasteiger partial charge in [0.05, 0.1) is 17.2 Å². The molecule has 1 fully saturated rings.